The SMILES string of the molecule is COc1ccc(C(=O)C(=O)c2cc(-c3cc(C(=O)C(=O)c4ccc(OC)cc4OC)c(O)c(O)c3O)c(O)c(O)c2O)c(OC)c1. The Morgan fingerprint density at radius 2 is 0.739 bits per heavy atom. The Kier molecular flexibility index (Phi) is 8.93. The van der Waals surface area contributed by atoms with Crippen LogP contribution in [0.4, 0.5) is 0 Å². The van der Waals surface area contributed by atoms with E-state index in [1.807, 2.05) is 0 Å². The van der Waals surface area contributed by atoms with E-state index < -0.39 is 79.9 Å². The third kappa shape index (κ3) is 5.50. The third-order valence-electron chi connectivity index (χ3n) is 6.99. The summed E-state index contributed by atoms with van der Waals surface area (Å²) in [4.78, 5) is 53.0. The molecule has 0 aliphatic heterocycles. The van der Waals surface area contributed by atoms with Gasteiger partial charge in [0.05, 0.1) is 50.7 Å². The Balaban J connectivity index is 1.86. The smallest absolute Gasteiger partial charge is 0.237 e. The van der Waals surface area contributed by atoms with Crippen molar-refractivity contribution in [3.63, 3.8) is 0 Å². The van der Waals surface area contributed by atoms with Gasteiger partial charge in [-0.25, -0.2) is 0 Å². The Labute approximate surface area is 259 Å². The topological polar surface area (TPSA) is 227 Å². The number of phenolic OH excluding ortho intramolecular Hbond substituents is 6. The number of hydrogen-bond donors (Lipinski definition) is 6. The van der Waals surface area contributed by atoms with Crippen molar-refractivity contribution in [3.05, 3.63) is 70.8 Å². The van der Waals surface area contributed by atoms with E-state index in [0.717, 1.165) is 0 Å². The van der Waals surface area contributed by atoms with Crippen LogP contribution in [0.25, 0.3) is 11.1 Å². The van der Waals surface area contributed by atoms with Gasteiger partial charge in [-0.2, -0.15) is 0 Å². The molecule has 0 spiro atoms. The molecule has 4 rings (SSSR count). The number of carbonyl (C=O) groups is 4. The highest BCUT2D eigenvalue weighted by Gasteiger charge is 2.32. The predicted molar refractivity (Wildman–Crippen MR) is 158 cm³/mol. The first-order valence-electron chi connectivity index (χ1n) is 13.0. The second kappa shape index (κ2) is 12.7. The Morgan fingerprint density at radius 3 is 1.04 bits per heavy atom. The minimum atomic E-state index is -1.40. The van der Waals surface area contributed by atoms with Crippen LogP contribution < -0.4 is 18.9 Å². The zero-order chi connectivity index (χ0) is 34.0. The molecule has 6 N–H and O–H groups in total. The van der Waals surface area contributed by atoms with Gasteiger partial charge in [-0.1, -0.05) is 0 Å². The van der Waals surface area contributed by atoms with E-state index in [2.05, 4.69) is 0 Å². The van der Waals surface area contributed by atoms with Crippen molar-refractivity contribution in [1.82, 2.24) is 0 Å². The number of rotatable bonds is 11. The van der Waals surface area contributed by atoms with Crippen LogP contribution in [0.15, 0.2) is 48.5 Å². The lowest BCUT2D eigenvalue weighted by Crippen LogP contribution is -2.16. The Bertz CT molecular complexity index is 1790. The van der Waals surface area contributed by atoms with E-state index in [4.69, 9.17) is 18.9 Å². The molecule has 4 aromatic rings. The Hall–Kier alpha value is -6.44. The van der Waals surface area contributed by atoms with Gasteiger partial charge in [-0.05, 0) is 36.4 Å². The van der Waals surface area contributed by atoms with Crippen molar-refractivity contribution in [2.45, 2.75) is 0 Å². The molecule has 0 amide bonds. The molecule has 0 fully saturated rings. The van der Waals surface area contributed by atoms with Crippen LogP contribution >= 0.6 is 0 Å². The number of aromatic hydroxyl groups is 6. The molecule has 0 aromatic heterocycles. The molecule has 0 aliphatic rings. The molecule has 0 atom stereocenters. The van der Waals surface area contributed by atoms with Crippen LogP contribution in [-0.4, -0.2) is 82.2 Å². The summed E-state index contributed by atoms with van der Waals surface area (Å²) in [7, 11) is 5.18. The molecule has 0 unspecified atom stereocenters. The number of phenols is 6. The van der Waals surface area contributed by atoms with Gasteiger partial charge in [0.25, 0.3) is 0 Å². The lowest BCUT2D eigenvalue weighted by molar-refractivity contribution is 0.0812. The van der Waals surface area contributed by atoms with Crippen LogP contribution in [0.5, 0.6) is 57.5 Å². The standard InChI is InChI=1S/C32H26O14/c1-43-13-5-7-15(21(9-13)45-3)23(33)27(37)19-11-17(25(35)31(41)29(19)39)18-12-20(30(40)32(42)26(18)36)28(38)24(34)16-8-6-14(44-2)10-22(16)46-4/h5-12,35-36,39-42H,1-4H3. The average molecular weight is 635 g/mol. The average Bonchev–Trinajstić information content (AvgIpc) is 3.08. The van der Waals surface area contributed by atoms with Crippen LogP contribution in [-0.2, 0) is 0 Å². The fraction of sp³-hybridized carbons (Fsp3) is 0.125. The summed E-state index contributed by atoms with van der Waals surface area (Å²) < 4.78 is 20.4. The van der Waals surface area contributed by atoms with Crippen molar-refractivity contribution in [3.8, 4) is 68.6 Å². The molecular weight excluding hydrogens is 608 g/mol. The van der Waals surface area contributed by atoms with Gasteiger partial charge in [0.1, 0.15) is 23.0 Å². The number of carbonyl (C=O) groups excluding carboxylic acids is 4. The molecule has 0 radical (unpaired) electrons. The lowest BCUT2D eigenvalue weighted by atomic mass is 9.91. The van der Waals surface area contributed by atoms with Crippen LogP contribution in [0.3, 0.4) is 0 Å². The molecule has 0 saturated heterocycles. The second-order valence-electron chi connectivity index (χ2n) is 9.48. The minimum Gasteiger partial charge on any atom is -0.504 e. The van der Waals surface area contributed by atoms with E-state index in [1.165, 1.54) is 64.8 Å². The molecule has 238 valence electrons. The Morgan fingerprint density at radius 1 is 0.413 bits per heavy atom. The highest BCUT2D eigenvalue weighted by Crippen LogP contribution is 2.51. The van der Waals surface area contributed by atoms with Gasteiger partial charge in [-0.15, -0.1) is 0 Å². The van der Waals surface area contributed by atoms with Crippen molar-refractivity contribution < 1.29 is 68.8 Å². The zero-order valence-corrected chi connectivity index (χ0v) is 24.6. The predicted octanol–water partition coefficient (Wildman–Crippen LogP) is 3.75. The molecule has 46 heavy (non-hydrogen) atoms. The highest BCUT2D eigenvalue weighted by atomic mass is 16.5. The number of Topliss-reactive ketones (excluding diaryl/α,β-unsaturated/α-hetero) is 4. The molecular formula is C32H26O14. The molecule has 0 saturated carbocycles. The van der Waals surface area contributed by atoms with Crippen molar-refractivity contribution in [1.29, 1.82) is 0 Å². The first-order chi connectivity index (χ1) is 21.8. The zero-order valence-electron chi connectivity index (χ0n) is 24.6. The third-order valence-corrected chi connectivity index (χ3v) is 6.99. The van der Waals surface area contributed by atoms with Crippen LogP contribution in [0, 0.1) is 0 Å². The van der Waals surface area contributed by atoms with Gasteiger partial charge in [0, 0.05) is 23.3 Å². The molecule has 14 nitrogen and oxygen atoms in total. The van der Waals surface area contributed by atoms with Gasteiger partial charge >= 0.3 is 0 Å². The largest absolute Gasteiger partial charge is 0.504 e. The minimum absolute atomic E-state index is 0.0668. The first-order valence-corrected chi connectivity index (χ1v) is 13.0. The van der Waals surface area contributed by atoms with Crippen LogP contribution in [0.1, 0.15) is 41.4 Å². The molecule has 0 aliphatic carbocycles. The number of methoxy groups -OCH3 is 4. The van der Waals surface area contributed by atoms with E-state index in [1.54, 1.807) is 0 Å². The van der Waals surface area contributed by atoms with Crippen molar-refractivity contribution in [2.75, 3.05) is 28.4 Å². The number of ketones is 4. The summed E-state index contributed by atoms with van der Waals surface area (Å²) in [5.41, 5.74) is -3.63. The fourth-order valence-corrected chi connectivity index (χ4v) is 4.51. The maximum Gasteiger partial charge on any atom is 0.237 e. The number of ether oxygens (including phenoxy) is 4. The van der Waals surface area contributed by atoms with Gasteiger partial charge in [-0.3, -0.25) is 19.2 Å². The maximum atomic E-state index is 13.3. The molecule has 4 aromatic carbocycles. The monoisotopic (exact) mass is 634 g/mol. The normalized spacial score (nSPS) is 10.6. The first kappa shape index (κ1) is 32.5. The van der Waals surface area contributed by atoms with E-state index in [9.17, 15) is 49.8 Å². The lowest BCUT2D eigenvalue weighted by Gasteiger charge is -2.16. The maximum absolute atomic E-state index is 13.3. The fourth-order valence-electron chi connectivity index (χ4n) is 4.51. The summed E-state index contributed by atoms with van der Waals surface area (Å²) in [5, 5.41) is 63.4. The van der Waals surface area contributed by atoms with E-state index >= 15 is 0 Å². The number of hydrogen-bond acceptors (Lipinski definition) is 14. The molecule has 0 heterocycles. The van der Waals surface area contributed by atoms with Gasteiger partial charge < -0.3 is 49.6 Å². The molecule has 0 bridgehead atoms. The summed E-state index contributed by atoms with van der Waals surface area (Å²) in [5.74, 6) is -12.2. The number of benzene rings is 4. The molecule has 14 heteroatoms. The van der Waals surface area contributed by atoms with Gasteiger partial charge in [0.2, 0.25) is 34.6 Å². The van der Waals surface area contributed by atoms with Crippen molar-refractivity contribution >= 4 is 23.1 Å². The summed E-state index contributed by atoms with van der Waals surface area (Å²) in [6.45, 7) is 0. The van der Waals surface area contributed by atoms with Crippen molar-refractivity contribution in [2.24, 2.45) is 0 Å². The van der Waals surface area contributed by atoms with E-state index in [0.29, 0.717) is 23.6 Å². The summed E-state index contributed by atoms with van der Waals surface area (Å²) in [6.07, 6.45) is 0. The second-order valence-corrected chi connectivity index (χ2v) is 9.48. The van der Waals surface area contributed by atoms with E-state index in [-0.39, 0.29) is 22.6 Å². The summed E-state index contributed by atoms with van der Waals surface area (Å²) in [6, 6.07) is 9.17. The van der Waals surface area contributed by atoms with Gasteiger partial charge in [0.15, 0.2) is 23.0 Å². The quantitative estimate of drug-likeness (QED) is 0.0785. The summed E-state index contributed by atoms with van der Waals surface area (Å²) >= 11 is 0. The van der Waals surface area contributed by atoms with Crippen LogP contribution in [0.2, 0.25) is 0 Å². The highest BCUT2D eigenvalue weighted by molar-refractivity contribution is 6.51.